The summed E-state index contributed by atoms with van der Waals surface area (Å²) in [6, 6.07) is 19.7. The molecule has 0 aliphatic heterocycles. The molecule has 0 aromatic heterocycles. The fraction of sp³-hybridized carbons (Fsp3) is 0.176. The van der Waals surface area contributed by atoms with E-state index in [1.807, 2.05) is 74.5 Å². The van der Waals surface area contributed by atoms with E-state index < -0.39 is 0 Å². The molecule has 0 heterocycles. The molecule has 108 valence electrons. The van der Waals surface area contributed by atoms with Crippen molar-refractivity contribution in [3.63, 3.8) is 0 Å². The summed E-state index contributed by atoms with van der Waals surface area (Å²) in [5.41, 5.74) is 4.42. The standard InChI is InChI=1S/C17H18N2OS/c1-13(15-9-5-3-6-10-15)18-19-17(20)14(2)21-16-11-7-4-8-12-16/h3-12,14H,1-2H3,(H,19,20)/b18-13-/t14-/m1/s1. The molecule has 1 atom stereocenters. The summed E-state index contributed by atoms with van der Waals surface area (Å²) in [4.78, 5) is 13.1. The second kappa shape index (κ2) is 7.64. The van der Waals surface area contributed by atoms with Crippen molar-refractivity contribution in [3.8, 4) is 0 Å². The molecule has 1 amide bonds. The van der Waals surface area contributed by atoms with Crippen molar-refractivity contribution in [1.82, 2.24) is 5.43 Å². The number of nitrogens with zero attached hydrogens (tertiary/aromatic N) is 1. The van der Waals surface area contributed by atoms with Crippen LogP contribution < -0.4 is 5.43 Å². The molecule has 0 spiro atoms. The number of amides is 1. The first-order chi connectivity index (χ1) is 10.2. The summed E-state index contributed by atoms with van der Waals surface area (Å²) < 4.78 is 0. The number of hydrogen-bond donors (Lipinski definition) is 1. The van der Waals surface area contributed by atoms with E-state index in [2.05, 4.69) is 10.5 Å². The number of rotatable bonds is 5. The third-order valence-electron chi connectivity index (χ3n) is 2.95. The molecule has 0 aliphatic carbocycles. The maximum atomic E-state index is 12.0. The Hall–Kier alpha value is -2.07. The number of carbonyl (C=O) groups excluding carboxylic acids is 1. The lowest BCUT2D eigenvalue weighted by atomic mass is 10.1. The highest BCUT2D eigenvalue weighted by atomic mass is 32.2. The Kier molecular flexibility index (Phi) is 5.58. The molecule has 0 unspecified atom stereocenters. The fourth-order valence-electron chi connectivity index (χ4n) is 1.73. The lowest BCUT2D eigenvalue weighted by molar-refractivity contribution is -0.120. The third-order valence-corrected chi connectivity index (χ3v) is 4.06. The Morgan fingerprint density at radius 3 is 2.24 bits per heavy atom. The van der Waals surface area contributed by atoms with Crippen LogP contribution in [0.4, 0.5) is 0 Å². The number of benzene rings is 2. The molecule has 2 rings (SSSR count). The van der Waals surface area contributed by atoms with E-state index in [1.165, 1.54) is 11.8 Å². The molecule has 1 N–H and O–H groups in total. The van der Waals surface area contributed by atoms with Crippen molar-refractivity contribution in [1.29, 1.82) is 0 Å². The van der Waals surface area contributed by atoms with Crippen LogP contribution in [-0.4, -0.2) is 16.9 Å². The van der Waals surface area contributed by atoms with Gasteiger partial charge in [-0.1, -0.05) is 48.5 Å². The summed E-state index contributed by atoms with van der Waals surface area (Å²) in [6.45, 7) is 3.75. The van der Waals surface area contributed by atoms with Gasteiger partial charge in [0.05, 0.1) is 11.0 Å². The SMILES string of the molecule is C/C(=N/NC(=O)[C@@H](C)Sc1ccccc1)c1ccccc1. The van der Waals surface area contributed by atoms with E-state index in [4.69, 9.17) is 0 Å². The molecule has 0 saturated carbocycles. The molecule has 3 nitrogen and oxygen atoms in total. The van der Waals surface area contributed by atoms with E-state index in [-0.39, 0.29) is 11.2 Å². The average Bonchev–Trinajstić information content (AvgIpc) is 2.54. The Labute approximate surface area is 129 Å². The van der Waals surface area contributed by atoms with Crippen molar-refractivity contribution >= 4 is 23.4 Å². The van der Waals surface area contributed by atoms with Crippen LogP contribution in [0.3, 0.4) is 0 Å². The number of nitrogens with one attached hydrogen (secondary N) is 1. The first-order valence-electron chi connectivity index (χ1n) is 6.78. The van der Waals surface area contributed by atoms with Gasteiger partial charge in [-0.15, -0.1) is 11.8 Å². The van der Waals surface area contributed by atoms with Crippen LogP contribution in [0.1, 0.15) is 19.4 Å². The van der Waals surface area contributed by atoms with Gasteiger partial charge in [-0.25, -0.2) is 5.43 Å². The molecule has 21 heavy (non-hydrogen) atoms. The maximum absolute atomic E-state index is 12.0. The van der Waals surface area contributed by atoms with Gasteiger partial charge in [0.1, 0.15) is 0 Å². The third kappa shape index (κ3) is 4.76. The second-order valence-electron chi connectivity index (χ2n) is 4.61. The first kappa shape index (κ1) is 15.3. The molecule has 0 fully saturated rings. The quantitative estimate of drug-likeness (QED) is 0.519. The minimum atomic E-state index is -0.195. The van der Waals surface area contributed by atoms with Gasteiger partial charge in [-0.2, -0.15) is 5.10 Å². The summed E-state index contributed by atoms with van der Waals surface area (Å²) in [5, 5.41) is 3.97. The highest BCUT2D eigenvalue weighted by Gasteiger charge is 2.13. The Balaban J connectivity index is 1.92. The van der Waals surface area contributed by atoms with Crippen LogP contribution in [0.25, 0.3) is 0 Å². The van der Waals surface area contributed by atoms with Gasteiger partial charge < -0.3 is 0 Å². The molecule has 2 aromatic carbocycles. The summed E-state index contributed by atoms with van der Waals surface area (Å²) in [5.74, 6) is -0.0980. The van der Waals surface area contributed by atoms with E-state index >= 15 is 0 Å². The second-order valence-corrected chi connectivity index (χ2v) is 6.03. The van der Waals surface area contributed by atoms with Crippen molar-refractivity contribution < 1.29 is 4.79 Å². The van der Waals surface area contributed by atoms with Crippen LogP contribution >= 0.6 is 11.8 Å². The number of carbonyl (C=O) groups is 1. The van der Waals surface area contributed by atoms with Crippen LogP contribution in [0, 0.1) is 0 Å². The normalized spacial score (nSPS) is 12.8. The predicted molar refractivity (Wildman–Crippen MR) is 88.6 cm³/mol. The molecule has 2 aromatic rings. The molecule has 0 saturated heterocycles. The lowest BCUT2D eigenvalue weighted by Gasteiger charge is -2.10. The van der Waals surface area contributed by atoms with E-state index in [0.29, 0.717) is 0 Å². The van der Waals surface area contributed by atoms with Crippen LogP contribution in [0.5, 0.6) is 0 Å². The molecular weight excluding hydrogens is 280 g/mol. The molecular formula is C17H18N2OS. The van der Waals surface area contributed by atoms with E-state index in [9.17, 15) is 4.79 Å². The fourth-order valence-corrected chi connectivity index (χ4v) is 2.61. The smallest absolute Gasteiger partial charge is 0.253 e. The van der Waals surface area contributed by atoms with Crippen LogP contribution in [0.15, 0.2) is 70.7 Å². The summed E-state index contributed by atoms with van der Waals surface area (Å²) in [7, 11) is 0. The first-order valence-corrected chi connectivity index (χ1v) is 7.66. The lowest BCUT2D eigenvalue weighted by Crippen LogP contribution is -2.27. The molecule has 0 radical (unpaired) electrons. The summed E-state index contributed by atoms with van der Waals surface area (Å²) >= 11 is 1.52. The highest BCUT2D eigenvalue weighted by molar-refractivity contribution is 8.00. The highest BCUT2D eigenvalue weighted by Crippen LogP contribution is 2.22. The zero-order valence-electron chi connectivity index (χ0n) is 12.1. The van der Waals surface area contributed by atoms with Gasteiger partial charge in [0, 0.05) is 4.90 Å². The zero-order valence-corrected chi connectivity index (χ0v) is 12.9. The Bertz CT molecular complexity index is 611. The van der Waals surface area contributed by atoms with E-state index in [0.717, 1.165) is 16.2 Å². The summed E-state index contributed by atoms with van der Waals surface area (Å²) in [6.07, 6.45) is 0. The van der Waals surface area contributed by atoms with Gasteiger partial charge in [-0.3, -0.25) is 4.79 Å². The number of thioether (sulfide) groups is 1. The van der Waals surface area contributed by atoms with Gasteiger partial charge in [0.25, 0.3) is 5.91 Å². The van der Waals surface area contributed by atoms with Crippen LogP contribution in [0.2, 0.25) is 0 Å². The van der Waals surface area contributed by atoms with Gasteiger partial charge in [0.15, 0.2) is 0 Å². The van der Waals surface area contributed by atoms with Crippen molar-refractivity contribution in [2.75, 3.05) is 0 Å². The predicted octanol–water partition coefficient (Wildman–Crippen LogP) is 3.71. The maximum Gasteiger partial charge on any atom is 0.253 e. The number of hydrogen-bond acceptors (Lipinski definition) is 3. The topological polar surface area (TPSA) is 41.5 Å². The average molecular weight is 298 g/mol. The minimum Gasteiger partial charge on any atom is -0.272 e. The largest absolute Gasteiger partial charge is 0.272 e. The minimum absolute atomic E-state index is 0.0980. The van der Waals surface area contributed by atoms with Gasteiger partial charge in [-0.05, 0) is 31.5 Å². The van der Waals surface area contributed by atoms with Crippen molar-refractivity contribution in [2.45, 2.75) is 24.0 Å². The monoisotopic (exact) mass is 298 g/mol. The molecule has 0 aliphatic rings. The van der Waals surface area contributed by atoms with Gasteiger partial charge >= 0.3 is 0 Å². The molecule has 0 bridgehead atoms. The van der Waals surface area contributed by atoms with Crippen molar-refractivity contribution in [3.05, 3.63) is 66.2 Å². The van der Waals surface area contributed by atoms with Crippen molar-refractivity contribution in [2.24, 2.45) is 5.10 Å². The zero-order chi connectivity index (χ0) is 15.1. The molecule has 4 heteroatoms. The van der Waals surface area contributed by atoms with E-state index in [1.54, 1.807) is 0 Å². The Morgan fingerprint density at radius 2 is 1.62 bits per heavy atom. The number of hydrazone groups is 1. The van der Waals surface area contributed by atoms with Gasteiger partial charge in [0.2, 0.25) is 0 Å². The van der Waals surface area contributed by atoms with Crippen LogP contribution in [-0.2, 0) is 4.79 Å². The Morgan fingerprint density at radius 1 is 1.05 bits per heavy atom.